The number of anilines is 1. The number of nitrogens with one attached hydrogen (secondary N) is 2. The van der Waals surface area contributed by atoms with Crippen molar-refractivity contribution in [3.05, 3.63) is 28.7 Å². The average molecular weight is 297 g/mol. The molecule has 0 spiro atoms. The molecule has 1 atom stereocenters. The van der Waals surface area contributed by atoms with E-state index >= 15 is 0 Å². The molecule has 3 heterocycles. The number of halogens is 1. The topological polar surface area (TPSA) is 79.1 Å². The van der Waals surface area contributed by atoms with Crippen LogP contribution in [0.2, 0.25) is 0 Å². The fraction of sp³-hybridized carbons (Fsp3) is 0.333. The number of carbonyl (C=O) groups is 1. The second-order valence-corrected chi connectivity index (χ2v) is 4.73. The van der Waals surface area contributed by atoms with Gasteiger partial charge < -0.3 is 19.8 Å². The van der Waals surface area contributed by atoms with E-state index in [0.717, 1.165) is 5.70 Å². The number of hydrogen-bond donors (Lipinski definition) is 2. The molecule has 8 heteroatoms. The van der Waals surface area contributed by atoms with Crippen LogP contribution in [0.15, 0.2) is 32.4 Å². The molecule has 0 unspecified atom stereocenters. The Balaban J connectivity index is 1.75. The van der Waals surface area contributed by atoms with Gasteiger partial charge >= 0.3 is 5.97 Å². The summed E-state index contributed by atoms with van der Waals surface area (Å²) in [5, 5.41) is 6.53. The van der Waals surface area contributed by atoms with E-state index in [1.807, 2.05) is 11.0 Å². The van der Waals surface area contributed by atoms with Crippen molar-refractivity contribution in [3.63, 3.8) is 0 Å². The Bertz CT molecular complexity index is 595. The maximum Gasteiger partial charge on any atom is 0.303 e. The largest absolute Gasteiger partial charge is 0.458 e. The molecule has 0 radical (unpaired) electrons. The van der Waals surface area contributed by atoms with Crippen molar-refractivity contribution in [2.45, 2.75) is 19.7 Å². The predicted octanol–water partition coefficient (Wildman–Crippen LogP) is 1.08. The molecule has 106 valence electrons. The van der Waals surface area contributed by atoms with Gasteiger partial charge in [0.25, 0.3) is 0 Å². The van der Waals surface area contributed by atoms with E-state index in [1.54, 1.807) is 12.4 Å². The fourth-order valence-electron chi connectivity index (χ4n) is 2.06. The van der Waals surface area contributed by atoms with Crippen molar-refractivity contribution >= 4 is 29.8 Å². The molecule has 2 aliphatic heterocycles. The minimum Gasteiger partial charge on any atom is -0.458 e. The second kappa shape index (κ2) is 5.09. The molecule has 1 fully saturated rings. The normalized spacial score (nSPS) is 20.5. The van der Waals surface area contributed by atoms with E-state index in [2.05, 4.69) is 15.6 Å². The van der Waals surface area contributed by atoms with Gasteiger partial charge in [0.15, 0.2) is 12.0 Å². The first-order valence-electron chi connectivity index (χ1n) is 6.05. The fourth-order valence-corrected chi connectivity index (χ4v) is 2.28. The van der Waals surface area contributed by atoms with Gasteiger partial charge in [-0.15, -0.1) is 0 Å². The maximum atomic E-state index is 10.8. The summed E-state index contributed by atoms with van der Waals surface area (Å²) in [7, 11) is 0. The Morgan fingerprint density at radius 2 is 2.50 bits per heavy atom. The van der Waals surface area contributed by atoms with Gasteiger partial charge in [0.2, 0.25) is 0 Å². The highest BCUT2D eigenvalue weighted by atomic mass is 35.5. The van der Waals surface area contributed by atoms with Crippen molar-refractivity contribution in [2.24, 2.45) is 4.99 Å². The van der Waals surface area contributed by atoms with Crippen LogP contribution in [-0.2, 0) is 16.1 Å². The van der Waals surface area contributed by atoms with Gasteiger partial charge in [0, 0.05) is 13.0 Å². The highest BCUT2D eigenvalue weighted by Gasteiger charge is 2.34. The molecule has 7 nitrogen and oxygen atoms in total. The van der Waals surface area contributed by atoms with Crippen molar-refractivity contribution in [1.29, 1.82) is 0 Å². The Kier molecular flexibility index (Phi) is 3.27. The summed E-state index contributed by atoms with van der Waals surface area (Å²) < 4.78 is 10.5. The second-order valence-electron chi connectivity index (χ2n) is 4.35. The van der Waals surface area contributed by atoms with Crippen molar-refractivity contribution in [2.75, 3.05) is 11.6 Å². The third-order valence-electron chi connectivity index (χ3n) is 2.98. The number of hydrogen-bond acceptors (Lipinski definition) is 7. The standard InChI is InChI=1S/C12H13ClN4O3/c1-7(18)19-4-8-2-3-9(20-8)17-6-16-10-11(13)14-5-15-12(10)17/h2-3,5,12,16H,4,6H2,1H3,(H,14,15)/t12-/m1/s1. The van der Waals surface area contributed by atoms with Gasteiger partial charge in [-0.05, 0) is 6.07 Å². The summed E-state index contributed by atoms with van der Waals surface area (Å²) in [5.74, 6) is 0.880. The van der Waals surface area contributed by atoms with Crippen LogP contribution in [0.5, 0.6) is 0 Å². The SMILES string of the molecule is CC(=O)OCc1ccc(N2CNC3=C(Cl)NC=N[C@@H]32)o1. The predicted molar refractivity (Wildman–Crippen MR) is 73.0 cm³/mol. The minimum atomic E-state index is -0.342. The minimum absolute atomic E-state index is 0.121. The highest BCUT2D eigenvalue weighted by molar-refractivity contribution is 6.30. The molecule has 0 amide bonds. The van der Waals surface area contributed by atoms with Crippen molar-refractivity contribution in [1.82, 2.24) is 10.6 Å². The van der Waals surface area contributed by atoms with Gasteiger partial charge in [0.1, 0.15) is 17.5 Å². The zero-order valence-corrected chi connectivity index (χ0v) is 11.5. The Hall–Kier alpha value is -2.15. The zero-order chi connectivity index (χ0) is 14.1. The van der Waals surface area contributed by atoms with Crippen LogP contribution in [-0.4, -0.2) is 25.1 Å². The molecule has 1 saturated heterocycles. The third kappa shape index (κ3) is 2.32. The quantitative estimate of drug-likeness (QED) is 0.642. The van der Waals surface area contributed by atoms with Crippen LogP contribution in [0.3, 0.4) is 0 Å². The van der Waals surface area contributed by atoms with Gasteiger partial charge in [-0.2, -0.15) is 0 Å². The summed E-state index contributed by atoms with van der Waals surface area (Å²) in [5.41, 5.74) is 0.812. The first-order valence-corrected chi connectivity index (χ1v) is 6.43. The Morgan fingerprint density at radius 1 is 1.65 bits per heavy atom. The van der Waals surface area contributed by atoms with E-state index in [1.165, 1.54) is 6.92 Å². The lowest BCUT2D eigenvalue weighted by molar-refractivity contribution is -0.142. The van der Waals surface area contributed by atoms with Crippen molar-refractivity contribution < 1.29 is 13.9 Å². The molecule has 3 rings (SSSR count). The van der Waals surface area contributed by atoms with Gasteiger partial charge in [-0.25, -0.2) is 4.99 Å². The van der Waals surface area contributed by atoms with Crippen LogP contribution >= 0.6 is 11.6 Å². The van der Waals surface area contributed by atoms with Crippen LogP contribution in [0.1, 0.15) is 12.7 Å². The van der Waals surface area contributed by atoms with Gasteiger partial charge in [-0.1, -0.05) is 11.6 Å². The molecule has 0 aliphatic carbocycles. The number of aliphatic imine (C=N–C) groups is 1. The van der Waals surface area contributed by atoms with E-state index in [-0.39, 0.29) is 18.7 Å². The Morgan fingerprint density at radius 3 is 3.30 bits per heavy atom. The van der Waals surface area contributed by atoms with E-state index in [9.17, 15) is 4.79 Å². The number of carbonyl (C=O) groups excluding carboxylic acids is 1. The van der Waals surface area contributed by atoms with Crippen LogP contribution < -0.4 is 15.5 Å². The summed E-state index contributed by atoms with van der Waals surface area (Å²) in [6.45, 7) is 2.02. The number of ether oxygens (including phenoxy) is 1. The van der Waals surface area contributed by atoms with Crippen LogP contribution in [0.4, 0.5) is 5.88 Å². The maximum absolute atomic E-state index is 10.8. The lowest BCUT2D eigenvalue weighted by Crippen LogP contribution is -2.32. The third-order valence-corrected chi connectivity index (χ3v) is 3.30. The monoisotopic (exact) mass is 296 g/mol. The van der Waals surface area contributed by atoms with E-state index in [4.69, 9.17) is 20.8 Å². The summed E-state index contributed by atoms with van der Waals surface area (Å²) in [4.78, 5) is 17.0. The summed E-state index contributed by atoms with van der Waals surface area (Å²) in [6, 6.07) is 3.58. The molecule has 1 aromatic heterocycles. The number of nitrogens with zero attached hydrogens (tertiary/aromatic N) is 2. The molecular formula is C12H13ClN4O3. The smallest absolute Gasteiger partial charge is 0.303 e. The number of esters is 1. The van der Waals surface area contributed by atoms with Gasteiger partial charge in [-0.3, -0.25) is 9.69 Å². The van der Waals surface area contributed by atoms with E-state index in [0.29, 0.717) is 23.5 Å². The zero-order valence-electron chi connectivity index (χ0n) is 10.7. The molecule has 0 saturated carbocycles. The molecule has 1 aromatic rings. The number of furan rings is 1. The van der Waals surface area contributed by atoms with Crippen molar-refractivity contribution in [3.8, 4) is 0 Å². The number of fused-ring (bicyclic) bond motifs is 1. The van der Waals surface area contributed by atoms with E-state index < -0.39 is 0 Å². The Labute approximate surface area is 120 Å². The van der Waals surface area contributed by atoms with Crippen LogP contribution in [0.25, 0.3) is 0 Å². The van der Waals surface area contributed by atoms with Crippen LogP contribution in [0, 0.1) is 0 Å². The molecule has 0 bridgehead atoms. The summed E-state index contributed by atoms with van der Waals surface area (Å²) in [6.07, 6.45) is 1.33. The van der Waals surface area contributed by atoms with Gasteiger partial charge in [0.05, 0.1) is 18.7 Å². The lowest BCUT2D eigenvalue weighted by atomic mass is 10.3. The average Bonchev–Trinajstić information content (AvgIpc) is 3.02. The molecule has 2 aliphatic rings. The molecular weight excluding hydrogens is 284 g/mol. The molecule has 0 aromatic carbocycles. The number of rotatable bonds is 3. The first-order chi connectivity index (χ1) is 9.65. The molecule has 2 N–H and O–H groups in total. The molecule has 20 heavy (non-hydrogen) atoms. The first kappa shape index (κ1) is 12.9. The summed E-state index contributed by atoms with van der Waals surface area (Å²) >= 11 is 6.06. The lowest BCUT2D eigenvalue weighted by Gasteiger charge is -2.21. The highest BCUT2D eigenvalue weighted by Crippen LogP contribution is 2.29.